The summed E-state index contributed by atoms with van der Waals surface area (Å²) in [6.45, 7) is 3.89. The lowest BCUT2D eigenvalue weighted by Gasteiger charge is -2.12. The molecule has 0 aromatic carbocycles. The fourth-order valence-corrected chi connectivity index (χ4v) is 4.04. The molecular weight excluding hydrogens is 344 g/mol. The fourth-order valence-electron chi connectivity index (χ4n) is 2.50. The van der Waals surface area contributed by atoms with E-state index in [1.54, 1.807) is 11.6 Å². The molecule has 3 rings (SSSR count). The number of thiophene rings is 1. The van der Waals surface area contributed by atoms with Crippen molar-refractivity contribution in [3.8, 4) is 6.07 Å². The maximum Gasteiger partial charge on any atom is 0.269 e. The Morgan fingerprint density at radius 1 is 1.42 bits per heavy atom. The Bertz CT molecular complexity index is 968. The van der Waals surface area contributed by atoms with Crippen LogP contribution in [0.3, 0.4) is 0 Å². The van der Waals surface area contributed by atoms with Gasteiger partial charge in [-0.2, -0.15) is 5.26 Å². The van der Waals surface area contributed by atoms with E-state index in [-0.39, 0.29) is 17.6 Å². The van der Waals surface area contributed by atoms with Crippen molar-refractivity contribution < 1.29 is 4.79 Å². The Labute approximate surface area is 145 Å². The van der Waals surface area contributed by atoms with E-state index in [0.717, 1.165) is 16.9 Å². The van der Waals surface area contributed by atoms with E-state index in [9.17, 15) is 10.1 Å². The second-order valence-electron chi connectivity index (χ2n) is 5.37. The van der Waals surface area contributed by atoms with Crippen LogP contribution < -0.4 is 16.8 Å². The first kappa shape index (κ1) is 16.2. The zero-order chi connectivity index (χ0) is 17.4. The molecular formula is C15H14N6OS2. The minimum Gasteiger partial charge on any atom is -0.397 e. The summed E-state index contributed by atoms with van der Waals surface area (Å²) in [6, 6.07) is 2.09. The van der Waals surface area contributed by atoms with Crippen LogP contribution in [0.25, 0.3) is 10.2 Å². The zero-order valence-electron chi connectivity index (χ0n) is 13.0. The number of nitrogens with zero attached hydrogens (tertiary/aromatic N) is 3. The summed E-state index contributed by atoms with van der Waals surface area (Å²) < 4.78 is 0. The highest BCUT2D eigenvalue weighted by atomic mass is 32.1. The van der Waals surface area contributed by atoms with Gasteiger partial charge in [-0.1, -0.05) is 13.8 Å². The summed E-state index contributed by atoms with van der Waals surface area (Å²) in [7, 11) is 0. The van der Waals surface area contributed by atoms with Crippen LogP contribution in [0.15, 0.2) is 11.6 Å². The zero-order valence-corrected chi connectivity index (χ0v) is 14.6. The molecule has 9 heteroatoms. The average molecular weight is 358 g/mol. The minimum absolute atomic E-state index is 0.0132. The van der Waals surface area contributed by atoms with Crippen molar-refractivity contribution in [1.82, 2.24) is 9.97 Å². The van der Waals surface area contributed by atoms with E-state index in [2.05, 4.69) is 21.4 Å². The van der Waals surface area contributed by atoms with Gasteiger partial charge in [0.05, 0.1) is 11.3 Å². The first-order chi connectivity index (χ1) is 11.4. The molecule has 0 saturated heterocycles. The standard InChI is InChI=1S/C15H14N6OS2/c1-6(2)8-7(5-16)12(18)20-14-9(8)10(17)11(24-14)13(22)21-15-19-3-4-23-15/h3-4,6H,17H2,1-2H3,(H2,18,20)(H,19,21,22). The molecule has 24 heavy (non-hydrogen) atoms. The Kier molecular flexibility index (Phi) is 4.09. The molecule has 7 nitrogen and oxygen atoms in total. The molecule has 0 aliphatic carbocycles. The second-order valence-corrected chi connectivity index (χ2v) is 7.26. The van der Waals surface area contributed by atoms with Crippen LogP contribution in [0.1, 0.15) is 40.6 Å². The van der Waals surface area contributed by atoms with Gasteiger partial charge in [0.1, 0.15) is 21.6 Å². The molecule has 0 aliphatic rings. The number of anilines is 3. The van der Waals surface area contributed by atoms with Crippen LogP contribution in [-0.4, -0.2) is 15.9 Å². The average Bonchev–Trinajstić information content (AvgIpc) is 3.14. The van der Waals surface area contributed by atoms with Gasteiger partial charge >= 0.3 is 0 Å². The van der Waals surface area contributed by atoms with Crippen LogP contribution in [0.5, 0.6) is 0 Å². The molecule has 3 aromatic rings. The predicted octanol–water partition coefficient (Wildman–Crippen LogP) is 3.16. The number of carbonyl (C=O) groups excluding carboxylic acids is 1. The molecule has 3 heterocycles. The SMILES string of the molecule is CC(C)c1c(C#N)c(N)nc2sc(C(=O)Nc3nccs3)c(N)c12. The highest BCUT2D eigenvalue weighted by Crippen LogP contribution is 2.40. The number of pyridine rings is 1. The molecule has 3 aromatic heterocycles. The third-order valence-corrected chi connectivity index (χ3v) is 5.28. The number of hydrogen-bond donors (Lipinski definition) is 3. The summed E-state index contributed by atoms with van der Waals surface area (Å²) in [5, 5.41) is 15.0. The Morgan fingerprint density at radius 2 is 2.17 bits per heavy atom. The second kappa shape index (κ2) is 6.07. The van der Waals surface area contributed by atoms with E-state index in [1.807, 2.05) is 13.8 Å². The Morgan fingerprint density at radius 3 is 2.75 bits per heavy atom. The molecule has 0 aliphatic heterocycles. The van der Waals surface area contributed by atoms with Crippen LogP contribution in [0, 0.1) is 11.3 Å². The maximum absolute atomic E-state index is 12.5. The molecule has 5 N–H and O–H groups in total. The van der Waals surface area contributed by atoms with Crippen LogP contribution >= 0.6 is 22.7 Å². The number of nitrogen functional groups attached to an aromatic ring is 2. The summed E-state index contributed by atoms with van der Waals surface area (Å²) in [5.41, 5.74) is 13.5. The quantitative estimate of drug-likeness (QED) is 0.659. The predicted molar refractivity (Wildman–Crippen MR) is 97.3 cm³/mol. The molecule has 122 valence electrons. The number of nitriles is 1. The monoisotopic (exact) mass is 358 g/mol. The molecule has 0 atom stereocenters. The van der Waals surface area contributed by atoms with Gasteiger partial charge in [0, 0.05) is 17.0 Å². The number of thiazole rings is 1. The van der Waals surface area contributed by atoms with Gasteiger partial charge in [-0.25, -0.2) is 9.97 Å². The minimum atomic E-state index is -0.350. The molecule has 0 spiro atoms. The van der Waals surface area contributed by atoms with Crippen molar-refractivity contribution in [3.63, 3.8) is 0 Å². The van der Waals surface area contributed by atoms with Crippen molar-refractivity contribution in [3.05, 3.63) is 27.6 Å². The topological polar surface area (TPSA) is 131 Å². The Hall–Kier alpha value is -2.70. The van der Waals surface area contributed by atoms with Crippen LogP contribution in [0.2, 0.25) is 0 Å². The molecule has 0 radical (unpaired) electrons. The van der Waals surface area contributed by atoms with Crippen LogP contribution in [-0.2, 0) is 0 Å². The van der Waals surface area contributed by atoms with Gasteiger partial charge < -0.3 is 11.5 Å². The highest BCUT2D eigenvalue weighted by Gasteiger charge is 2.24. The van der Waals surface area contributed by atoms with Gasteiger partial charge in [0.25, 0.3) is 5.91 Å². The number of hydrogen-bond acceptors (Lipinski definition) is 8. The van der Waals surface area contributed by atoms with Gasteiger partial charge in [0.15, 0.2) is 5.13 Å². The first-order valence-electron chi connectivity index (χ1n) is 7.06. The van der Waals surface area contributed by atoms with Gasteiger partial charge in [-0.15, -0.1) is 22.7 Å². The van der Waals surface area contributed by atoms with Gasteiger partial charge in [0.2, 0.25) is 0 Å². The first-order valence-corrected chi connectivity index (χ1v) is 8.76. The third-order valence-electron chi connectivity index (χ3n) is 3.49. The van der Waals surface area contributed by atoms with Gasteiger partial charge in [-0.3, -0.25) is 10.1 Å². The number of amides is 1. The summed E-state index contributed by atoms with van der Waals surface area (Å²) in [6.07, 6.45) is 1.60. The largest absolute Gasteiger partial charge is 0.397 e. The van der Waals surface area contributed by atoms with E-state index >= 15 is 0 Å². The van der Waals surface area contributed by atoms with Crippen molar-refractivity contribution in [2.75, 3.05) is 16.8 Å². The molecule has 0 fully saturated rings. The Balaban J connectivity index is 2.19. The summed E-state index contributed by atoms with van der Waals surface area (Å²) in [5.74, 6) is -0.182. The fraction of sp³-hybridized carbons (Fsp3) is 0.200. The molecule has 0 bridgehead atoms. The van der Waals surface area contributed by atoms with E-state index in [4.69, 9.17) is 11.5 Å². The lowest BCUT2D eigenvalue weighted by Crippen LogP contribution is -2.11. The number of aromatic nitrogens is 2. The van der Waals surface area contributed by atoms with Crippen molar-refractivity contribution in [1.29, 1.82) is 5.26 Å². The normalized spacial score (nSPS) is 10.9. The number of rotatable bonds is 3. The number of nitrogens with one attached hydrogen (secondary N) is 1. The lowest BCUT2D eigenvalue weighted by molar-refractivity contribution is 0.103. The van der Waals surface area contributed by atoms with Crippen LogP contribution in [0.4, 0.5) is 16.6 Å². The van der Waals surface area contributed by atoms with E-state index < -0.39 is 0 Å². The number of fused-ring (bicyclic) bond motifs is 1. The van der Waals surface area contributed by atoms with Crippen molar-refractivity contribution in [2.45, 2.75) is 19.8 Å². The molecule has 1 amide bonds. The van der Waals surface area contributed by atoms with E-state index in [1.165, 1.54) is 11.3 Å². The maximum atomic E-state index is 12.5. The smallest absolute Gasteiger partial charge is 0.269 e. The highest BCUT2D eigenvalue weighted by molar-refractivity contribution is 7.21. The third kappa shape index (κ3) is 2.55. The summed E-state index contributed by atoms with van der Waals surface area (Å²) >= 11 is 2.48. The molecule has 0 unspecified atom stereocenters. The van der Waals surface area contributed by atoms with Crippen molar-refractivity contribution >= 4 is 55.4 Å². The van der Waals surface area contributed by atoms with Gasteiger partial charge in [-0.05, 0) is 11.5 Å². The van der Waals surface area contributed by atoms with Crippen molar-refractivity contribution in [2.24, 2.45) is 0 Å². The molecule has 0 saturated carbocycles. The van der Waals surface area contributed by atoms with E-state index in [0.29, 0.717) is 31.5 Å². The number of carbonyl (C=O) groups is 1. The number of nitrogens with two attached hydrogens (primary N) is 2. The lowest BCUT2D eigenvalue weighted by atomic mass is 9.95. The summed E-state index contributed by atoms with van der Waals surface area (Å²) in [4.78, 5) is 21.7.